The van der Waals surface area contributed by atoms with Crippen molar-refractivity contribution >= 4 is 17.8 Å². The highest BCUT2D eigenvalue weighted by Gasteiger charge is 2.49. The molecule has 2 atom stereocenters. The second-order valence-electron chi connectivity index (χ2n) is 6.31. The van der Waals surface area contributed by atoms with E-state index in [1.54, 1.807) is 14.0 Å². The molecule has 0 aromatic heterocycles. The summed E-state index contributed by atoms with van der Waals surface area (Å²) in [4.78, 5) is 37.8. The molecule has 0 bridgehead atoms. The number of hydrogen-bond donors (Lipinski definition) is 3. The summed E-state index contributed by atoms with van der Waals surface area (Å²) in [7, 11) is 1.79. The molecule has 130 valence electrons. The van der Waals surface area contributed by atoms with E-state index in [-0.39, 0.29) is 18.5 Å². The Balaban J connectivity index is 2.08. The summed E-state index contributed by atoms with van der Waals surface area (Å²) in [6.07, 6.45) is 0. The highest BCUT2D eigenvalue weighted by Crippen LogP contribution is 2.28. The van der Waals surface area contributed by atoms with Gasteiger partial charge in [-0.2, -0.15) is 0 Å². The van der Waals surface area contributed by atoms with Crippen LogP contribution in [-0.2, 0) is 15.1 Å². The predicted octanol–water partition coefficient (Wildman–Crippen LogP) is 0.486. The Labute approximate surface area is 141 Å². The van der Waals surface area contributed by atoms with E-state index >= 15 is 0 Å². The summed E-state index contributed by atoms with van der Waals surface area (Å²) >= 11 is 0. The minimum Gasteiger partial charge on any atom is -0.353 e. The normalized spacial score (nSPS) is 21.6. The Morgan fingerprint density at radius 1 is 1.29 bits per heavy atom. The Hall–Kier alpha value is -2.41. The summed E-state index contributed by atoms with van der Waals surface area (Å²) in [6.45, 7) is 5.65. The van der Waals surface area contributed by atoms with Crippen molar-refractivity contribution in [2.24, 2.45) is 0 Å². The van der Waals surface area contributed by atoms with Gasteiger partial charge in [0.15, 0.2) is 0 Å². The van der Waals surface area contributed by atoms with Crippen molar-refractivity contribution in [3.63, 3.8) is 0 Å². The highest BCUT2D eigenvalue weighted by molar-refractivity contribution is 6.09. The topological polar surface area (TPSA) is 90.5 Å². The van der Waals surface area contributed by atoms with Crippen LogP contribution in [0.2, 0.25) is 0 Å². The molecule has 3 N–H and O–H groups in total. The molecule has 7 heteroatoms. The third kappa shape index (κ3) is 3.56. The number of rotatable bonds is 6. The van der Waals surface area contributed by atoms with E-state index in [4.69, 9.17) is 0 Å². The SMILES string of the molecule is CNC(C)CNC(=O)CN1C(=O)NC(C)(c2ccc(C)cc2)C1=O. The maximum absolute atomic E-state index is 12.7. The molecule has 1 aliphatic heterocycles. The van der Waals surface area contributed by atoms with Gasteiger partial charge >= 0.3 is 6.03 Å². The molecule has 1 saturated heterocycles. The maximum Gasteiger partial charge on any atom is 0.325 e. The van der Waals surface area contributed by atoms with E-state index in [1.807, 2.05) is 38.1 Å². The van der Waals surface area contributed by atoms with Gasteiger partial charge in [-0.15, -0.1) is 0 Å². The summed E-state index contributed by atoms with van der Waals surface area (Å²) < 4.78 is 0. The van der Waals surface area contributed by atoms with E-state index in [2.05, 4.69) is 16.0 Å². The molecular weight excluding hydrogens is 308 g/mol. The number of aryl methyl sites for hydroxylation is 1. The summed E-state index contributed by atoms with van der Waals surface area (Å²) in [5.74, 6) is -0.790. The number of urea groups is 1. The van der Waals surface area contributed by atoms with E-state index in [0.29, 0.717) is 12.1 Å². The first kappa shape index (κ1) is 17.9. The van der Waals surface area contributed by atoms with Crippen molar-refractivity contribution in [3.8, 4) is 0 Å². The first-order valence-electron chi connectivity index (χ1n) is 7.93. The summed E-state index contributed by atoms with van der Waals surface area (Å²) in [6, 6.07) is 6.94. The Morgan fingerprint density at radius 3 is 2.50 bits per heavy atom. The van der Waals surface area contributed by atoms with Crippen LogP contribution in [0.25, 0.3) is 0 Å². The zero-order valence-electron chi connectivity index (χ0n) is 14.5. The van der Waals surface area contributed by atoms with Gasteiger partial charge in [0.1, 0.15) is 12.1 Å². The molecular formula is C17H24N4O3. The first-order valence-corrected chi connectivity index (χ1v) is 7.93. The van der Waals surface area contributed by atoms with E-state index in [9.17, 15) is 14.4 Å². The molecule has 1 heterocycles. The molecule has 7 nitrogen and oxygen atoms in total. The van der Waals surface area contributed by atoms with Crippen molar-refractivity contribution in [2.45, 2.75) is 32.4 Å². The van der Waals surface area contributed by atoms with Crippen LogP contribution in [0, 0.1) is 6.92 Å². The fraction of sp³-hybridized carbons (Fsp3) is 0.471. The molecule has 0 saturated carbocycles. The highest BCUT2D eigenvalue weighted by atomic mass is 16.2. The van der Waals surface area contributed by atoms with E-state index < -0.39 is 17.5 Å². The second kappa shape index (κ2) is 7.00. The first-order chi connectivity index (χ1) is 11.3. The average Bonchev–Trinajstić information content (AvgIpc) is 2.77. The van der Waals surface area contributed by atoms with Crippen molar-refractivity contribution < 1.29 is 14.4 Å². The predicted molar refractivity (Wildman–Crippen MR) is 90.3 cm³/mol. The van der Waals surface area contributed by atoms with Crippen LogP contribution in [0.3, 0.4) is 0 Å². The van der Waals surface area contributed by atoms with Gasteiger partial charge in [-0.3, -0.25) is 14.5 Å². The number of likely N-dealkylation sites (N-methyl/N-ethyl adjacent to an activating group) is 1. The van der Waals surface area contributed by atoms with Gasteiger partial charge in [0.05, 0.1) is 0 Å². The van der Waals surface area contributed by atoms with Crippen molar-refractivity contribution in [2.75, 3.05) is 20.1 Å². The van der Waals surface area contributed by atoms with Crippen LogP contribution in [0.15, 0.2) is 24.3 Å². The zero-order valence-corrected chi connectivity index (χ0v) is 14.5. The lowest BCUT2D eigenvalue weighted by Gasteiger charge is -2.22. The molecule has 24 heavy (non-hydrogen) atoms. The van der Waals surface area contributed by atoms with Gasteiger partial charge in [-0.05, 0) is 33.4 Å². The number of hydrogen-bond acceptors (Lipinski definition) is 4. The minimum absolute atomic E-state index is 0.106. The molecule has 1 aromatic carbocycles. The van der Waals surface area contributed by atoms with Gasteiger partial charge in [0.25, 0.3) is 5.91 Å². The van der Waals surface area contributed by atoms with Crippen molar-refractivity contribution in [3.05, 3.63) is 35.4 Å². The summed E-state index contributed by atoms with van der Waals surface area (Å²) in [5.41, 5.74) is 0.607. The lowest BCUT2D eigenvalue weighted by atomic mass is 9.91. The molecule has 2 rings (SSSR count). The molecule has 2 unspecified atom stereocenters. The molecule has 0 radical (unpaired) electrons. The smallest absolute Gasteiger partial charge is 0.325 e. The molecule has 4 amide bonds. The quantitative estimate of drug-likeness (QED) is 0.661. The number of carbonyl (C=O) groups is 3. The molecule has 1 aromatic rings. The van der Waals surface area contributed by atoms with Crippen LogP contribution < -0.4 is 16.0 Å². The van der Waals surface area contributed by atoms with Gasteiger partial charge in [-0.25, -0.2) is 4.79 Å². The van der Waals surface area contributed by atoms with Gasteiger partial charge in [-0.1, -0.05) is 29.8 Å². The Bertz CT molecular complexity index is 644. The lowest BCUT2D eigenvalue weighted by molar-refractivity contribution is -0.134. The third-order valence-electron chi connectivity index (χ3n) is 4.30. The fourth-order valence-electron chi connectivity index (χ4n) is 2.49. The number of imide groups is 1. The largest absolute Gasteiger partial charge is 0.353 e. The zero-order chi connectivity index (χ0) is 17.9. The minimum atomic E-state index is -1.15. The second-order valence-corrected chi connectivity index (χ2v) is 6.31. The summed E-state index contributed by atoms with van der Waals surface area (Å²) in [5, 5.41) is 8.39. The molecule has 1 aliphatic rings. The monoisotopic (exact) mass is 332 g/mol. The van der Waals surface area contributed by atoms with Crippen LogP contribution >= 0.6 is 0 Å². The number of carbonyl (C=O) groups excluding carboxylic acids is 3. The van der Waals surface area contributed by atoms with E-state index in [0.717, 1.165) is 10.5 Å². The third-order valence-corrected chi connectivity index (χ3v) is 4.30. The van der Waals surface area contributed by atoms with Crippen LogP contribution in [0.4, 0.5) is 4.79 Å². The van der Waals surface area contributed by atoms with Crippen LogP contribution in [0.1, 0.15) is 25.0 Å². The standard InChI is InChI=1S/C17H24N4O3/c1-11-5-7-13(8-6-11)17(3)15(23)21(16(24)20-17)10-14(22)19-9-12(2)18-4/h5-8,12,18H,9-10H2,1-4H3,(H,19,22)(H,20,24). The van der Waals surface area contributed by atoms with Crippen LogP contribution in [-0.4, -0.2) is 48.9 Å². The molecule has 0 spiro atoms. The van der Waals surface area contributed by atoms with Gasteiger partial charge in [0, 0.05) is 12.6 Å². The van der Waals surface area contributed by atoms with Gasteiger partial charge in [0.2, 0.25) is 5.91 Å². The number of amides is 4. The number of benzene rings is 1. The molecule has 1 fully saturated rings. The maximum atomic E-state index is 12.7. The Kier molecular flexibility index (Phi) is 5.23. The molecule has 0 aliphatic carbocycles. The van der Waals surface area contributed by atoms with Crippen molar-refractivity contribution in [1.29, 1.82) is 0 Å². The Morgan fingerprint density at radius 2 is 1.92 bits per heavy atom. The fourth-order valence-corrected chi connectivity index (χ4v) is 2.49. The number of nitrogens with one attached hydrogen (secondary N) is 3. The lowest BCUT2D eigenvalue weighted by Crippen LogP contribution is -2.45. The average molecular weight is 332 g/mol. The van der Waals surface area contributed by atoms with Crippen molar-refractivity contribution in [1.82, 2.24) is 20.9 Å². The number of nitrogens with zero attached hydrogens (tertiary/aromatic N) is 1. The van der Waals surface area contributed by atoms with Crippen LogP contribution in [0.5, 0.6) is 0 Å². The van der Waals surface area contributed by atoms with Gasteiger partial charge < -0.3 is 16.0 Å². The van der Waals surface area contributed by atoms with E-state index in [1.165, 1.54) is 0 Å².